The van der Waals surface area contributed by atoms with Gasteiger partial charge in [0.15, 0.2) is 0 Å². The Morgan fingerprint density at radius 1 is 1.45 bits per heavy atom. The first kappa shape index (κ1) is 12.9. The van der Waals surface area contributed by atoms with E-state index in [0.717, 1.165) is 10.9 Å². The molecule has 0 saturated heterocycles. The zero-order valence-electron chi connectivity index (χ0n) is 10.7. The molecule has 2 aromatic rings. The van der Waals surface area contributed by atoms with Gasteiger partial charge in [0, 0.05) is 23.8 Å². The van der Waals surface area contributed by atoms with Crippen molar-refractivity contribution in [2.24, 2.45) is 0 Å². The molecule has 3 rings (SSSR count). The number of halogens is 1. The minimum Gasteiger partial charge on any atom is -0.356 e. The molecule has 2 heterocycles. The third kappa shape index (κ3) is 2.23. The van der Waals surface area contributed by atoms with Crippen LogP contribution in [0.2, 0.25) is 0 Å². The number of H-pyrrole nitrogens is 1. The molecule has 20 heavy (non-hydrogen) atoms. The van der Waals surface area contributed by atoms with Crippen LogP contribution in [0.25, 0.3) is 0 Å². The number of fused-ring (bicyclic) bond motifs is 1. The smallest absolute Gasteiger partial charge is 0.270 e. The van der Waals surface area contributed by atoms with Crippen molar-refractivity contribution < 1.29 is 4.79 Å². The standard InChI is InChI=1S/C15H12BrN3O/c16-13-3-1-2-11-4-5-19(9-12(11)13)15(20)14-6-10(7-17)8-18-14/h1-3,6,8,18H,4-5,9H2. The molecule has 5 heteroatoms. The van der Waals surface area contributed by atoms with Gasteiger partial charge < -0.3 is 9.88 Å². The normalized spacial score (nSPS) is 13.7. The zero-order chi connectivity index (χ0) is 14.1. The van der Waals surface area contributed by atoms with E-state index in [9.17, 15) is 4.79 Å². The molecular weight excluding hydrogens is 318 g/mol. The molecule has 100 valence electrons. The van der Waals surface area contributed by atoms with Crippen LogP contribution in [0.1, 0.15) is 27.2 Å². The highest BCUT2D eigenvalue weighted by Crippen LogP contribution is 2.27. The molecule has 0 fully saturated rings. The highest BCUT2D eigenvalue weighted by molar-refractivity contribution is 9.10. The Kier molecular flexibility index (Phi) is 3.33. The van der Waals surface area contributed by atoms with Gasteiger partial charge >= 0.3 is 0 Å². The highest BCUT2D eigenvalue weighted by atomic mass is 79.9. The first-order valence-corrected chi connectivity index (χ1v) is 7.12. The second-order valence-corrected chi connectivity index (χ2v) is 5.62. The quantitative estimate of drug-likeness (QED) is 0.874. The summed E-state index contributed by atoms with van der Waals surface area (Å²) in [4.78, 5) is 17.1. The number of nitrogens with zero attached hydrogens (tertiary/aromatic N) is 2. The molecule has 4 nitrogen and oxygen atoms in total. The van der Waals surface area contributed by atoms with Crippen LogP contribution < -0.4 is 0 Å². The maximum atomic E-state index is 12.4. The monoisotopic (exact) mass is 329 g/mol. The number of carbonyl (C=O) groups excluding carboxylic acids is 1. The number of aromatic nitrogens is 1. The first-order chi connectivity index (χ1) is 9.69. The van der Waals surface area contributed by atoms with Crippen molar-refractivity contribution in [1.29, 1.82) is 5.26 Å². The average Bonchev–Trinajstić information content (AvgIpc) is 2.95. The predicted octanol–water partition coefficient (Wildman–Crippen LogP) is 2.85. The number of nitrogens with one attached hydrogen (secondary N) is 1. The van der Waals surface area contributed by atoms with E-state index in [2.05, 4.69) is 27.0 Å². The number of amides is 1. The molecular formula is C15H12BrN3O. The summed E-state index contributed by atoms with van der Waals surface area (Å²) in [5.41, 5.74) is 3.40. The fourth-order valence-corrected chi connectivity index (χ4v) is 3.00. The lowest BCUT2D eigenvalue weighted by molar-refractivity contribution is 0.0729. The summed E-state index contributed by atoms with van der Waals surface area (Å²) in [5, 5.41) is 8.81. The molecule has 0 saturated carbocycles. The van der Waals surface area contributed by atoms with Gasteiger partial charge in [-0.15, -0.1) is 0 Å². The van der Waals surface area contributed by atoms with Crippen LogP contribution >= 0.6 is 15.9 Å². The summed E-state index contributed by atoms with van der Waals surface area (Å²) < 4.78 is 1.04. The van der Waals surface area contributed by atoms with Crippen molar-refractivity contribution in [2.75, 3.05) is 6.54 Å². The van der Waals surface area contributed by atoms with Crippen LogP contribution in [0.15, 0.2) is 34.9 Å². The number of aromatic amines is 1. The lowest BCUT2D eigenvalue weighted by atomic mass is 10.00. The molecule has 0 bridgehead atoms. The predicted molar refractivity (Wildman–Crippen MR) is 78.1 cm³/mol. The summed E-state index contributed by atoms with van der Waals surface area (Å²) in [6, 6.07) is 9.73. The van der Waals surface area contributed by atoms with Gasteiger partial charge in [-0.2, -0.15) is 5.26 Å². The minimum atomic E-state index is -0.0621. The Hall–Kier alpha value is -2.06. The minimum absolute atomic E-state index is 0.0621. The first-order valence-electron chi connectivity index (χ1n) is 6.33. The summed E-state index contributed by atoms with van der Waals surface area (Å²) >= 11 is 3.54. The van der Waals surface area contributed by atoms with E-state index in [1.165, 1.54) is 11.1 Å². The van der Waals surface area contributed by atoms with E-state index in [0.29, 0.717) is 24.3 Å². The maximum Gasteiger partial charge on any atom is 0.270 e. The van der Waals surface area contributed by atoms with Crippen molar-refractivity contribution in [3.63, 3.8) is 0 Å². The Labute approximate surface area is 125 Å². The lowest BCUT2D eigenvalue weighted by Gasteiger charge is -2.29. The lowest BCUT2D eigenvalue weighted by Crippen LogP contribution is -2.36. The van der Waals surface area contributed by atoms with Crippen molar-refractivity contribution in [2.45, 2.75) is 13.0 Å². The molecule has 1 aromatic heterocycles. The molecule has 0 atom stereocenters. The largest absolute Gasteiger partial charge is 0.356 e. The molecule has 0 unspecified atom stereocenters. The van der Waals surface area contributed by atoms with Gasteiger partial charge in [0.25, 0.3) is 5.91 Å². The van der Waals surface area contributed by atoms with E-state index in [4.69, 9.17) is 5.26 Å². The zero-order valence-corrected chi connectivity index (χ0v) is 12.3. The van der Waals surface area contributed by atoms with E-state index < -0.39 is 0 Å². The Morgan fingerprint density at radius 3 is 3.05 bits per heavy atom. The van der Waals surface area contributed by atoms with E-state index in [-0.39, 0.29) is 5.91 Å². The van der Waals surface area contributed by atoms with Crippen molar-refractivity contribution in [3.8, 4) is 6.07 Å². The van der Waals surface area contributed by atoms with Crippen molar-refractivity contribution in [3.05, 3.63) is 57.3 Å². The number of hydrogen-bond acceptors (Lipinski definition) is 2. The molecule has 1 aliphatic heterocycles. The molecule has 1 N–H and O–H groups in total. The topological polar surface area (TPSA) is 59.9 Å². The number of rotatable bonds is 1. The Bertz CT molecular complexity index is 714. The Balaban J connectivity index is 1.85. The van der Waals surface area contributed by atoms with Gasteiger partial charge in [-0.25, -0.2) is 0 Å². The third-order valence-corrected chi connectivity index (χ3v) is 4.29. The van der Waals surface area contributed by atoms with Gasteiger partial charge in [0.2, 0.25) is 0 Å². The van der Waals surface area contributed by atoms with Gasteiger partial charge in [-0.3, -0.25) is 4.79 Å². The molecule has 1 aliphatic rings. The molecule has 0 radical (unpaired) electrons. The van der Waals surface area contributed by atoms with Gasteiger partial charge in [-0.05, 0) is 29.7 Å². The summed E-state index contributed by atoms with van der Waals surface area (Å²) in [7, 11) is 0. The summed E-state index contributed by atoms with van der Waals surface area (Å²) in [6.45, 7) is 1.29. The number of nitriles is 1. The average molecular weight is 330 g/mol. The number of carbonyl (C=O) groups is 1. The van der Waals surface area contributed by atoms with Crippen LogP contribution in [0.4, 0.5) is 0 Å². The van der Waals surface area contributed by atoms with Crippen molar-refractivity contribution in [1.82, 2.24) is 9.88 Å². The van der Waals surface area contributed by atoms with Crippen molar-refractivity contribution >= 4 is 21.8 Å². The molecule has 1 aromatic carbocycles. The SMILES string of the molecule is N#Cc1c[nH]c(C(=O)N2CCc3cccc(Br)c3C2)c1. The fourth-order valence-electron chi connectivity index (χ4n) is 2.47. The molecule has 0 spiro atoms. The van der Waals surface area contributed by atoms with Crippen LogP contribution in [-0.2, 0) is 13.0 Å². The summed E-state index contributed by atoms with van der Waals surface area (Å²) in [5.74, 6) is -0.0621. The third-order valence-electron chi connectivity index (χ3n) is 3.55. The van der Waals surface area contributed by atoms with Gasteiger partial charge in [0.05, 0.1) is 5.56 Å². The number of benzene rings is 1. The number of hydrogen-bond donors (Lipinski definition) is 1. The van der Waals surface area contributed by atoms with Crippen LogP contribution in [0, 0.1) is 11.3 Å². The van der Waals surface area contributed by atoms with E-state index in [1.807, 2.05) is 18.2 Å². The molecule has 1 amide bonds. The molecule has 0 aliphatic carbocycles. The van der Waals surface area contributed by atoms with E-state index >= 15 is 0 Å². The second kappa shape index (κ2) is 5.14. The summed E-state index contributed by atoms with van der Waals surface area (Å²) in [6.07, 6.45) is 2.41. The second-order valence-electron chi connectivity index (χ2n) is 4.77. The van der Waals surface area contributed by atoms with E-state index in [1.54, 1.807) is 17.2 Å². The van der Waals surface area contributed by atoms with Gasteiger partial charge in [-0.1, -0.05) is 28.1 Å². The van der Waals surface area contributed by atoms with Crippen LogP contribution in [0.5, 0.6) is 0 Å². The fraction of sp³-hybridized carbons (Fsp3) is 0.200. The maximum absolute atomic E-state index is 12.4. The van der Waals surface area contributed by atoms with Gasteiger partial charge in [0.1, 0.15) is 11.8 Å². The van der Waals surface area contributed by atoms with Crippen LogP contribution in [0.3, 0.4) is 0 Å². The van der Waals surface area contributed by atoms with Crippen LogP contribution in [-0.4, -0.2) is 22.3 Å². The highest BCUT2D eigenvalue weighted by Gasteiger charge is 2.23. The Morgan fingerprint density at radius 2 is 2.30 bits per heavy atom.